The van der Waals surface area contributed by atoms with Crippen molar-refractivity contribution in [2.24, 2.45) is 0 Å². The first-order valence-electron chi connectivity index (χ1n) is 7.24. The van der Waals surface area contributed by atoms with Crippen LogP contribution in [0.4, 0.5) is 5.69 Å². The number of aliphatic hydroxyl groups is 1. The summed E-state index contributed by atoms with van der Waals surface area (Å²) in [5.74, 6) is 1.04. The molecular formula is C16H23N3OS. The summed E-state index contributed by atoms with van der Waals surface area (Å²) >= 11 is 1.77. The SMILES string of the molecule is CC(C)c1ncc(N(C)C(C)Cc2cccs2)c(CO)n1. The molecule has 0 saturated carbocycles. The number of hydrogen-bond acceptors (Lipinski definition) is 5. The highest BCUT2D eigenvalue weighted by Gasteiger charge is 2.17. The zero-order chi connectivity index (χ0) is 15.4. The number of aromatic nitrogens is 2. The van der Waals surface area contributed by atoms with Crippen LogP contribution in [-0.4, -0.2) is 28.2 Å². The van der Waals surface area contributed by atoms with Gasteiger partial charge >= 0.3 is 0 Å². The van der Waals surface area contributed by atoms with Crippen LogP contribution in [0.1, 0.15) is 43.1 Å². The Labute approximate surface area is 130 Å². The van der Waals surface area contributed by atoms with E-state index in [2.05, 4.69) is 53.2 Å². The Morgan fingerprint density at radius 2 is 2.10 bits per heavy atom. The second kappa shape index (κ2) is 7.00. The molecule has 0 bridgehead atoms. The first-order chi connectivity index (χ1) is 10.0. The first-order valence-corrected chi connectivity index (χ1v) is 8.12. The maximum Gasteiger partial charge on any atom is 0.131 e. The van der Waals surface area contributed by atoms with Crippen molar-refractivity contribution in [3.8, 4) is 0 Å². The molecule has 1 atom stereocenters. The summed E-state index contributed by atoms with van der Waals surface area (Å²) in [6.45, 7) is 6.23. The van der Waals surface area contributed by atoms with Gasteiger partial charge in [0.2, 0.25) is 0 Å². The van der Waals surface area contributed by atoms with Crippen molar-refractivity contribution in [2.45, 2.75) is 45.8 Å². The zero-order valence-corrected chi connectivity index (χ0v) is 13.9. The van der Waals surface area contributed by atoms with Gasteiger partial charge in [-0.15, -0.1) is 11.3 Å². The molecule has 0 aromatic carbocycles. The maximum absolute atomic E-state index is 9.60. The number of hydrogen-bond donors (Lipinski definition) is 1. The van der Waals surface area contributed by atoms with Crippen LogP contribution in [0.25, 0.3) is 0 Å². The van der Waals surface area contributed by atoms with Gasteiger partial charge in [-0.3, -0.25) is 0 Å². The number of thiophene rings is 1. The van der Waals surface area contributed by atoms with Crippen molar-refractivity contribution < 1.29 is 5.11 Å². The number of rotatable bonds is 6. The normalized spacial score (nSPS) is 12.7. The number of nitrogens with zero attached hydrogens (tertiary/aromatic N) is 3. The van der Waals surface area contributed by atoms with Gasteiger partial charge in [-0.1, -0.05) is 19.9 Å². The summed E-state index contributed by atoms with van der Waals surface area (Å²) in [7, 11) is 2.03. The van der Waals surface area contributed by atoms with Crippen LogP contribution in [0.15, 0.2) is 23.7 Å². The lowest BCUT2D eigenvalue weighted by Crippen LogP contribution is -2.32. The highest BCUT2D eigenvalue weighted by Crippen LogP contribution is 2.23. The van der Waals surface area contributed by atoms with E-state index in [0.29, 0.717) is 11.7 Å². The second-order valence-electron chi connectivity index (χ2n) is 5.62. The van der Waals surface area contributed by atoms with E-state index in [1.54, 1.807) is 11.3 Å². The average molecular weight is 305 g/mol. The number of aliphatic hydroxyl groups excluding tert-OH is 1. The van der Waals surface area contributed by atoms with Crippen molar-refractivity contribution in [3.05, 3.63) is 40.1 Å². The molecule has 5 heteroatoms. The first kappa shape index (κ1) is 15.9. The molecule has 1 unspecified atom stereocenters. The molecule has 0 radical (unpaired) electrons. The third-order valence-corrected chi connectivity index (χ3v) is 4.55. The Morgan fingerprint density at radius 3 is 2.67 bits per heavy atom. The van der Waals surface area contributed by atoms with E-state index >= 15 is 0 Å². The standard InChI is InChI=1S/C16H23N3OS/c1-11(2)16-17-9-15(14(10-20)18-16)19(4)12(3)8-13-6-5-7-21-13/h5-7,9,11-12,20H,8,10H2,1-4H3. The van der Waals surface area contributed by atoms with Crippen molar-refractivity contribution in [2.75, 3.05) is 11.9 Å². The van der Waals surface area contributed by atoms with Crippen LogP contribution in [0.5, 0.6) is 0 Å². The maximum atomic E-state index is 9.60. The molecule has 21 heavy (non-hydrogen) atoms. The van der Waals surface area contributed by atoms with Crippen molar-refractivity contribution in [1.82, 2.24) is 9.97 Å². The third-order valence-electron chi connectivity index (χ3n) is 3.65. The molecule has 2 aromatic rings. The van der Waals surface area contributed by atoms with Gasteiger partial charge in [-0.05, 0) is 18.4 Å². The van der Waals surface area contributed by atoms with Gasteiger partial charge in [0.15, 0.2) is 0 Å². The fourth-order valence-corrected chi connectivity index (χ4v) is 3.04. The fourth-order valence-electron chi connectivity index (χ4n) is 2.21. The molecule has 114 valence electrons. The fraction of sp³-hybridized carbons (Fsp3) is 0.500. The molecule has 0 amide bonds. The Morgan fingerprint density at radius 1 is 1.33 bits per heavy atom. The van der Waals surface area contributed by atoms with E-state index in [0.717, 1.165) is 17.9 Å². The molecule has 0 spiro atoms. The topological polar surface area (TPSA) is 49.2 Å². The summed E-state index contributed by atoms with van der Waals surface area (Å²) in [4.78, 5) is 12.4. The highest BCUT2D eigenvalue weighted by atomic mass is 32.1. The predicted octanol–water partition coefficient (Wildman–Crippen LogP) is 3.22. The molecule has 2 aromatic heterocycles. The van der Waals surface area contributed by atoms with Gasteiger partial charge < -0.3 is 10.0 Å². The molecular weight excluding hydrogens is 282 g/mol. The molecule has 1 N–H and O–H groups in total. The molecule has 0 aliphatic heterocycles. The lowest BCUT2D eigenvalue weighted by Gasteiger charge is -2.28. The lowest BCUT2D eigenvalue weighted by atomic mass is 10.1. The minimum Gasteiger partial charge on any atom is -0.390 e. The smallest absolute Gasteiger partial charge is 0.131 e. The quantitative estimate of drug-likeness (QED) is 0.890. The summed E-state index contributed by atoms with van der Waals surface area (Å²) in [5.41, 5.74) is 1.61. The molecule has 0 aliphatic rings. The third kappa shape index (κ3) is 3.80. The van der Waals surface area contributed by atoms with E-state index in [1.165, 1.54) is 4.88 Å². The van der Waals surface area contributed by atoms with E-state index in [-0.39, 0.29) is 12.5 Å². The Kier molecular flexibility index (Phi) is 5.31. The van der Waals surface area contributed by atoms with Gasteiger partial charge in [0.25, 0.3) is 0 Å². The van der Waals surface area contributed by atoms with E-state index in [1.807, 2.05) is 13.2 Å². The zero-order valence-electron chi connectivity index (χ0n) is 13.1. The summed E-state index contributed by atoms with van der Waals surface area (Å²) < 4.78 is 0. The van der Waals surface area contributed by atoms with Crippen molar-refractivity contribution >= 4 is 17.0 Å². The molecule has 4 nitrogen and oxygen atoms in total. The van der Waals surface area contributed by atoms with Gasteiger partial charge in [0.05, 0.1) is 24.2 Å². The van der Waals surface area contributed by atoms with Crippen LogP contribution in [0.3, 0.4) is 0 Å². The summed E-state index contributed by atoms with van der Waals surface area (Å²) in [6.07, 6.45) is 2.81. The predicted molar refractivity (Wildman–Crippen MR) is 87.9 cm³/mol. The van der Waals surface area contributed by atoms with E-state index in [4.69, 9.17) is 0 Å². The molecule has 0 saturated heterocycles. The van der Waals surface area contributed by atoms with Gasteiger partial charge in [-0.25, -0.2) is 9.97 Å². The average Bonchev–Trinajstić information content (AvgIpc) is 2.98. The molecule has 2 heterocycles. The van der Waals surface area contributed by atoms with E-state index in [9.17, 15) is 5.11 Å². The van der Waals surface area contributed by atoms with Crippen molar-refractivity contribution in [3.63, 3.8) is 0 Å². The van der Waals surface area contributed by atoms with Gasteiger partial charge in [0.1, 0.15) is 5.82 Å². The number of likely N-dealkylation sites (N-methyl/N-ethyl adjacent to an activating group) is 1. The minimum absolute atomic E-state index is 0.0619. The highest BCUT2D eigenvalue weighted by molar-refractivity contribution is 7.09. The van der Waals surface area contributed by atoms with Crippen LogP contribution < -0.4 is 4.90 Å². The van der Waals surface area contributed by atoms with Crippen molar-refractivity contribution in [1.29, 1.82) is 0 Å². The van der Waals surface area contributed by atoms with Crippen LogP contribution in [0, 0.1) is 0 Å². The molecule has 0 fully saturated rings. The van der Waals surface area contributed by atoms with Gasteiger partial charge in [0, 0.05) is 30.3 Å². The Balaban J connectivity index is 2.19. The Hall–Kier alpha value is -1.46. The monoisotopic (exact) mass is 305 g/mol. The Bertz CT molecular complexity index is 569. The lowest BCUT2D eigenvalue weighted by molar-refractivity contribution is 0.276. The van der Waals surface area contributed by atoms with Crippen LogP contribution >= 0.6 is 11.3 Å². The summed E-state index contributed by atoms with van der Waals surface area (Å²) in [5, 5.41) is 11.7. The summed E-state index contributed by atoms with van der Waals surface area (Å²) in [6, 6.07) is 4.55. The minimum atomic E-state index is -0.0619. The second-order valence-corrected chi connectivity index (χ2v) is 6.65. The van der Waals surface area contributed by atoms with E-state index < -0.39 is 0 Å². The molecule has 0 aliphatic carbocycles. The molecule has 2 rings (SSSR count). The largest absolute Gasteiger partial charge is 0.390 e. The van der Waals surface area contributed by atoms with Crippen LogP contribution in [0.2, 0.25) is 0 Å². The van der Waals surface area contributed by atoms with Gasteiger partial charge in [-0.2, -0.15) is 0 Å². The number of anilines is 1. The van der Waals surface area contributed by atoms with Crippen LogP contribution in [-0.2, 0) is 13.0 Å².